The molecule has 3 aliphatic rings. The minimum absolute atomic E-state index is 0. The van der Waals surface area contributed by atoms with E-state index in [-0.39, 0.29) is 72.4 Å². The van der Waals surface area contributed by atoms with Crippen molar-refractivity contribution in [1.29, 1.82) is 0 Å². The number of aromatic nitrogens is 12. The maximum Gasteiger partial charge on any atom is 0.510 e. The third kappa shape index (κ3) is 26.2. The molecule has 5 unspecified atom stereocenters. The van der Waals surface area contributed by atoms with E-state index in [1.807, 2.05) is 18.2 Å². The molecule has 0 aliphatic carbocycles. The summed E-state index contributed by atoms with van der Waals surface area (Å²) in [6.07, 6.45) is -15.4. The molecule has 19 atom stereocenters. The summed E-state index contributed by atoms with van der Waals surface area (Å²) in [4.78, 5) is 109. The van der Waals surface area contributed by atoms with E-state index in [4.69, 9.17) is 74.5 Å². The number of benzene rings is 1. The molecular formula is C74H112F2N15O31P3. The Morgan fingerprint density at radius 1 is 0.568 bits per heavy atom. The Hall–Kier alpha value is -8.87. The zero-order chi connectivity index (χ0) is 92.1. The summed E-state index contributed by atoms with van der Waals surface area (Å²) in [6, 6.07) is 6.64. The van der Waals surface area contributed by atoms with Gasteiger partial charge in [-0.2, -0.15) is 9.97 Å². The maximum absolute atomic E-state index is 16.0. The fourth-order valence-electron chi connectivity index (χ4n) is 12.1. The van der Waals surface area contributed by atoms with Gasteiger partial charge in [0.05, 0.1) is 83.9 Å². The largest absolute Gasteiger partial charge is 0.510 e. The van der Waals surface area contributed by atoms with Gasteiger partial charge in [0, 0.05) is 6.54 Å². The number of fused-ring (bicyclic) bond motifs is 3. The highest BCUT2D eigenvalue weighted by Gasteiger charge is 2.59. The average molecular weight is 1840 g/mol. The Bertz CT molecular complexity index is 4840. The standard InChI is InChI=1S/C25H34N5O9P.2C24H37FN5O11P.CH4/c1-15-28-20-18(21(32)29-15)26-13-30(20)22-25(5,34)19(31)17(39-22)12-37-40(35,27-11-16-9-7-6-8-10-16)38-14-36-23(33)24(2,3)4;2*1-9-36-23(33)39-15(6)41-42(34,29-13(4)21(32)38-12(2)3)37-10-16-18(31)24(7,25)22(40-16)30-11-26-17-19(30)27-14(5)28-20(17)35-8;/h6-10,13,17,19,22,31,34H,11-12,14H2,1-5H3,(H,27,35)(H,28,29,32);2*11-13,15-16,18,22,31H,9-10H2,1-8H3,(H,29,34);1H4/t17-,19-,22-,25-,40?;2*13-,15?,16+,18+,22+,24+,42?;/m100./s1. The molecule has 698 valence electrons. The maximum atomic E-state index is 16.0. The molecule has 8 N–H and O–H groups in total. The van der Waals surface area contributed by atoms with E-state index in [0.717, 1.165) is 19.4 Å². The van der Waals surface area contributed by atoms with Crippen LogP contribution in [0.15, 0.2) is 54.1 Å². The van der Waals surface area contributed by atoms with Crippen LogP contribution in [0, 0.1) is 26.2 Å². The molecule has 6 aromatic heterocycles. The second-order valence-corrected chi connectivity index (χ2v) is 35.6. The van der Waals surface area contributed by atoms with Crippen LogP contribution < -0.4 is 30.3 Å². The quantitative estimate of drug-likeness (QED) is 0.00797. The van der Waals surface area contributed by atoms with E-state index in [0.29, 0.717) is 17.5 Å². The molecule has 1 aromatic carbocycles. The van der Waals surface area contributed by atoms with Crippen molar-refractivity contribution in [3.63, 3.8) is 0 Å². The van der Waals surface area contributed by atoms with Crippen LogP contribution in [-0.2, 0) is 109 Å². The number of imidazole rings is 3. The number of aliphatic hydroxyl groups is 4. The smallest absolute Gasteiger partial charge is 0.479 e. The number of aliphatic hydroxyl groups excluding tert-OH is 3. The Labute approximate surface area is 717 Å². The van der Waals surface area contributed by atoms with E-state index in [2.05, 4.69) is 69.6 Å². The summed E-state index contributed by atoms with van der Waals surface area (Å²) in [5, 5.41) is 51.3. The predicted octanol–water partition coefficient (Wildman–Crippen LogP) is 7.99. The van der Waals surface area contributed by atoms with Crippen molar-refractivity contribution in [3.05, 3.63) is 82.7 Å². The number of nitrogens with one attached hydrogen (secondary N) is 4. The van der Waals surface area contributed by atoms with Crippen LogP contribution in [0.25, 0.3) is 33.5 Å². The molecule has 10 rings (SSSR count). The molecule has 7 aromatic rings. The minimum Gasteiger partial charge on any atom is -0.479 e. The number of H-pyrrole nitrogens is 1. The molecule has 0 amide bonds. The number of nitrogens with zero attached hydrogens (tertiary/aromatic N) is 11. The Balaban J connectivity index is 0.000000256. The molecule has 3 saturated heterocycles. The van der Waals surface area contributed by atoms with Gasteiger partial charge in [0.15, 0.2) is 63.5 Å². The Kier molecular flexibility index (Phi) is 35.7. The highest BCUT2D eigenvalue weighted by Crippen LogP contribution is 2.52. The molecule has 46 nitrogen and oxygen atoms in total. The lowest BCUT2D eigenvalue weighted by Crippen LogP contribution is -2.44. The van der Waals surface area contributed by atoms with Crippen molar-refractivity contribution in [2.75, 3.05) is 54.0 Å². The molecule has 0 radical (unpaired) electrons. The zero-order valence-corrected chi connectivity index (χ0v) is 74.7. The van der Waals surface area contributed by atoms with Crippen molar-refractivity contribution in [3.8, 4) is 11.8 Å². The summed E-state index contributed by atoms with van der Waals surface area (Å²) in [7, 11) is -10.3. The van der Waals surface area contributed by atoms with E-state index in [9.17, 15) is 62.9 Å². The van der Waals surface area contributed by atoms with Crippen LogP contribution in [0.1, 0.15) is 160 Å². The lowest BCUT2D eigenvalue weighted by Gasteiger charge is -2.27. The van der Waals surface area contributed by atoms with Crippen molar-refractivity contribution in [2.45, 2.75) is 255 Å². The van der Waals surface area contributed by atoms with Crippen LogP contribution in [0.3, 0.4) is 0 Å². The van der Waals surface area contributed by atoms with Crippen LogP contribution in [-0.4, -0.2) is 254 Å². The molecule has 0 saturated carbocycles. The lowest BCUT2D eigenvalue weighted by atomic mass is 9.96. The number of methoxy groups -OCH3 is 2. The molecule has 3 aliphatic heterocycles. The van der Waals surface area contributed by atoms with Gasteiger partial charge < -0.3 is 82.3 Å². The normalized spacial score (nSPS) is 24.8. The topological polar surface area (TPSA) is 570 Å². The van der Waals surface area contributed by atoms with Crippen LogP contribution in [0.4, 0.5) is 18.4 Å². The first-order valence-electron chi connectivity index (χ1n) is 38.8. The van der Waals surface area contributed by atoms with Crippen molar-refractivity contribution >= 4 is 86.9 Å². The number of hydrogen-bond donors (Lipinski definition) is 8. The van der Waals surface area contributed by atoms with Crippen LogP contribution in [0.5, 0.6) is 11.8 Å². The summed E-state index contributed by atoms with van der Waals surface area (Å²) >= 11 is 0. The summed E-state index contributed by atoms with van der Waals surface area (Å²) in [6.45, 7) is 25.8. The summed E-state index contributed by atoms with van der Waals surface area (Å²) in [5.74, 6) is -0.790. The van der Waals surface area contributed by atoms with Crippen molar-refractivity contribution < 1.29 is 151 Å². The monoisotopic (exact) mass is 1840 g/mol. The molecular weight excluding hydrogens is 1730 g/mol. The van der Waals surface area contributed by atoms with Gasteiger partial charge in [0.1, 0.15) is 71.8 Å². The number of aryl methyl sites for hydroxylation is 3. The fraction of sp³-hybridized carbons (Fsp3) is 0.649. The van der Waals surface area contributed by atoms with Gasteiger partial charge in [-0.25, -0.2) is 77.2 Å². The highest BCUT2D eigenvalue weighted by atomic mass is 31.2. The number of carbonyl (C=O) groups is 5. The van der Waals surface area contributed by atoms with Crippen molar-refractivity contribution in [1.82, 2.24) is 73.8 Å². The van der Waals surface area contributed by atoms with Gasteiger partial charge in [-0.1, -0.05) is 37.8 Å². The third-order valence-corrected chi connectivity index (χ3v) is 23.2. The molecule has 51 heteroatoms. The van der Waals surface area contributed by atoms with E-state index in [1.54, 1.807) is 95.2 Å². The number of hydrogen-bond acceptors (Lipinski definition) is 39. The zero-order valence-electron chi connectivity index (χ0n) is 72.1. The van der Waals surface area contributed by atoms with Gasteiger partial charge in [-0.15, -0.1) is 0 Å². The highest BCUT2D eigenvalue weighted by molar-refractivity contribution is 7.52. The molecule has 0 spiro atoms. The van der Waals surface area contributed by atoms with Crippen LogP contribution >= 0.6 is 23.2 Å². The molecule has 3 fully saturated rings. The van der Waals surface area contributed by atoms with Crippen LogP contribution in [0.2, 0.25) is 0 Å². The van der Waals surface area contributed by atoms with E-state index in [1.165, 1.54) is 81.5 Å². The van der Waals surface area contributed by atoms with Crippen molar-refractivity contribution in [2.24, 2.45) is 5.41 Å². The van der Waals surface area contributed by atoms with Gasteiger partial charge >= 0.3 is 53.5 Å². The predicted molar refractivity (Wildman–Crippen MR) is 433 cm³/mol. The molecule has 9 heterocycles. The SMILES string of the molecule is C.CCOC(=O)OC(C)OP(=O)(N[C@@H](C)C(=O)OC(C)C)OC[C@H]1O[C@@H](n2cnc3c(OC)nc(C)nc32)[C@](C)(F)[C@@H]1O.CCOC(=O)OC(C)OP(=O)(N[C@@H](C)C(=O)OC(C)C)OC[C@H]1O[C@@H](n2cnc3c(OC)nc(C)nc32)[C@](C)(F)[C@@H]1O.Cc1nc2c(ncn2[C@@H]2O[C@H](COP(=O)(NCc3ccccc3)OCOC(=O)C(C)(C)C)[C@@H](O)[C@@]2(C)O)c(=O)[nH]1. The second kappa shape index (κ2) is 43.3. The number of carbonyl (C=O) groups excluding carboxylic acids is 5. The fourth-order valence-corrected chi connectivity index (χ4v) is 16.4. The first kappa shape index (κ1) is 103. The van der Waals surface area contributed by atoms with Gasteiger partial charge in [0.25, 0.3) is 5.56 Å². The summed E-state index contributed by atoms with van der Waals surface area (Å²) < 4.78 is 172. The molecule has 0 bridgehead atoms. The first-order valence-corrected chi connectivity index (χ1v) is 43.5. The first-order chi connectivity index (χ1) is 57.9. The lowest BCUT2D eigenvalue weighted by molar-refractivity contribution is -0.160. The van der Waals surface area contributed by atoms with E-state index < -0.39 is 200 Å². The Morgan fingerprint density at radius 3 is 1.37 bits per heavy atom. The minimum atomic E-state index is -4.51. The van der Waals surface area contributed by atoms with Gasteiger partial charge in [-0.3, -0.25) is 60.0 Å². The van der Waals surface area contributed by atoms with Gasteiger partial charge in [-0.05, 0) is 137 Å². The number of alkyl halides is 2. The number of halogens is 2. The van der Waals surface area contributed by atoms with Gasteiger partial charge in [0.2, 0.25) is 31.1 Å². The summed E-state index contributed by atoms with van der Waals surface area (Å²) in [5.41, 5.74) is -6.09. The third-order valence-electron chi connectivity index (χ3n) is 18.2. The average Bonchev–Trinajstić information content (AvgIpc) is 1.59. The number of aromatic amines is 1. The number of ether oxygens (including phenoxy) is 12. The second-order valence-electron chi connectivity index (χ2n) is 30.4. The van der Waals surface area contributed by atoms with E-state index >= 15 is 8.78 Å². The molecule has 125 heavy (non-hydrogen) atoms. The number of esters is 3. The Morgan fingerprint density at radius 2 is 0.960 bits per heavy atom. The number of rotatable bonds is 36.